The molecular weight excluding hydrogens is 294 g/mol. The van der Waals surface area contributed by atoms with Gasteiger partial charge in [0.1, 0.15) is 0 Å². The van der Waals surface area contributed by atoms with E-state index in [0.29, 0.717) is 31.5 Å². The lowest BCUT2D eigenvalue weighted by molar-refractivity contribution is 0.203. The minimum Gasteiger partial charge on any atom is -0.490 e. The predicted molar refractivity (Wildman–Crippen MR) is 87.6 cm³/mol. The van der Waals surface area contributed by atoms with E-state index < -0.39 is 0 Å². The summed E-state index contributed by atoms with van der Waals surface area (Å²) >= 11 is 0. The normalized spacial score (nSPS) is 12.2. The molecule has 6 heteroatoms. The van der Waals surface area contributed by atoms with Crippen LogP contribution in [-0.2, 0) is 13.1 Å². The molecule has 0 spiro atoms. The van der Waals surface area contributed by atoms with Crippen LogP contribution >= 0.6 is 0 Å². The highest BCUT2D eigenvalue weighted by atomic mass is 16.5. The standard InChI is InChI=1S/C17H25N3O3/c1-5-12(3)22-15-8-7-14(9-16(15)21-6-2)10-18-11-17-20-19-13(4)23-17/h7-9,12,18H,5-6,10-11H2,1-4H3/t12-/m1/s1. The van der Waals surface area contributed by atoms with Crippen molar-refractivity contribution >= 4 is 0 Å². The first kappa shape index (κ1) is 17.3. The molecule has 0 saturated heterocycles. The third-order valence-electron chi connectivity index (χ3n) is 3.38. The number of aryl methyl sites for hydroxylation is 1. The van der Waals surface area contributed by atoms with Crippen LogP contribution in [0.4, 0.5) is 0 Å². The molecule has 0 unspecified atom stereocenters. The first-order chi connectivity index (χ1) is 11.1. The molecule has 1 heterocycles. The van der Waals surface area contributed by atoms with Crippen molar-refractivity contribution in [1.82, 2.24) is 15.5 Å². The minimum atomic E-state index is 0.166. The Morgan fingerprint density at radius 1 is 1.17 bits per heavy atom. The molecule has 0 aliphatic rings. The maximum absolute atomic E-state index is 5.90. The van der Waals surface area contributed by atoms with Crippen molar-refractivity contribution < 1.29 is 13.9 Å². The average molecular weight is 319 g/mol. The third kappa shape index (κ3) is 5.25. The lowest BCUT2D eigenvalue weighted by Crippen LogP contribution is -2.14. The molecule has 126 valence electrons. The van der Waals surface area contributed by atoms with Crippen LogP contribution in [0, 0.1) is 6.92 Å². The monoisotopic (exact) mass is 319 g/mol. The zero-order chi connectivity index (χ0) is 16.7. The summed E-state index contributed by atoms with van der Waals surface area (Å²) in [4.78, 5) is 0. The van der Waals surface area contributed by atoms with Crippen molar-refractivity contribution in [2.75, 3.05) is 6.61 Å². The molecule has 0 bridgehead atoms. The average Bonchev–Trinajstić information content (AvgIpc) is 2.95. The van der Waals surface area contributed by atoms with Gasteiger partial charge in [-0.25, -0.2) is 0 Å². The molecule has 2 rings (SSSR count). The summed E-state index contributed by atoms with van der Waals surface area (Å²) in [7, 11) is 0. The van der Waals surface area contributed by atoms with E-state index >= 15 is 0 Å². The largest absolute Gasteiger partial charge is 0.490 e. The Kier molecular flexibility index (Phi) is 6.40. The number of nitrogens with one attached hydrogen (secondary N) is 1. The van der Waals surface area contributed by atoms with Gasteiger partial charge in [0.25, 0.3) is 0 Å². The van der Waals surface area contributed by atoms with Crippen LogP contribution in [0.1, 0.15) is 44.5 Å². The zero-order valence-corrected chi connectivity index (χ0v) is 14.3. The van der Waals surface area contributed by atoms with Crippen molar-refractivity contribution in [1.29, 1.82) is 0 Å². The van der Waals surface area contributed by atoms with Crippen LogP contribution in [-0.4, -0.2) is 22.9 Å². The maximum atomic E-state index is 5.90. The second kappa shape index (κ2) is 8.53. The summed E-state index contributed by atoms with van der Waals surface area (Å²) in [5.41, 5.74) is 1.11. The van der Waals surface area contributed by atoms with Gasteiger partial charge in [-0.05, 0) is 38.0 Å². The van der Waals surface area contributed by atoms with Gasteiger partial charge in [-0.3, -0.25) is 0 Å². The molecular formula is C17H25N3O3. The summed E-state index contributed by atoms with van der Waals surface area (Å²) < 4.78 is 16.9. The second-order valence-corrected chi connectivity index (χ2v) is 5.37. The van der Waals surface area contributed by atoms with Crippen molar-refractivity contribution in [3.63, 3.8) is 0 Å². The lowest BCUT2D eigenvalue weighted by atomic mass is 10.2. The Morgan fingerprint density at radius 3 is 2.65 bits per heavy atom. The second-order valence-electron chi connectivity index (χ2n) is 5.37. The highest BCUT2D eigenvalue weighted by Gasteiger charge is 2.10. The van der Waals surface area contributed by atoms with Gasteiger partial charge < -0.3 is 19.2 Å². The molecule has 0 saturated carbocycles. The third-order valence-corrected chi connectivity index (χ3v) is 3.38. The van der Waals surface area contributed by atoms with Crippen molar-refractivity contribution in [2.24, 2.45) is 0 Å². The van der Waals surface area contributed by atoms with Gasteiger partial charge in [0, 0.05) is 13.5 Å². The number of hydrogen-bond acceptors (Lipinski definition) is 6. The molecule has 0 amide bonds. The van der Waals surface area contributed by atoms with E-state index in [1.54, 1.807) is 6.92 Å². The van der Waals surface area contributed by atoms with E-state index in [1.165, 1.54) is 0 Å². The quantitative estimate of drug-likeness (QED) is 0.765. The molecule has 6 nitrogen and oxygen atoms in total. The number of ether oxygens (including phenoxy) is 2. The fourth-order valence-corrected chi connectivity index (χ4v) is 2.05. The highest BCUT2D eigenvalue weighted by Crippen LogP contribution is 2.29. The fourth-order valence-electron chi connectivity index (χ4n) is 2.05. The molecule has 0 radical (unpaired) electrons. The number of hydrogen-bond donors (Lipinski definition) is 1. The molecule has 23 heavy (non-hydrogen) atoms. The van der Waals surface area contributed by atoms with Crippen molar-refractivity contribution in [3.8, 4) is 11.5 Å². The number of rotatable bonds is 9. The van der Waals surface area contributed by atoms with Gasteiger partial charge in [-0.2, -0.15) is 0 Å². The van der Waals surface area contributed by atoms with Crippen LogP contribution in [0.5, 0.6) is 11.5 Å². The number of nitrogens with zero attached hydrogens (tertiary/aromatic N) is 2. The highest BCUT2D eigenvalue weighted by molar-refractivity contribution is 5.43. The topological polar surface area (TPSA) is 69.4 Å². The van der Waals surface area contributed by atoms with Gasteiger partial charge >= 0.3 is 0 Å². The van der Waals surface area contributed by atoms with E-state index in [0.717, 1.165) is 23.5 Å². The summed E-state index contributed by atoms with van der Waals surface area (Å²) in [6.45, 7) is 9.73. The Morgan fingerprint density at radius 2 is 2.00 bits per heavy atom. The predicted octanol–water partition coefficient (Wildman–Crippen LogP) is 3.24. The van der Waals surface area contributed by atoms with E-state index in [4.69, 9.17) is 13.9 Å². The fraction of sp³-hybridized carbons (Fsp3) is 0.529. The minimum absolute atomic E-state index is 0.166. The summed E-state index contributed by atoms with van der Waals surface area (Å²) in [6.07, 6.45) is 1.12. The van der Waals surface area contributed by atoms with Gasteiger partial charge in [0.2, 0.25) is 11.8 Å². The summed E-state index contributed by atoms with van der Waals surface area (Å²) in [6, 6.07) is 6.00. The number of benzene rings is 1. The van der Waals surface area contributed by atoms with Crippen LogP contribution in [0.2, 0.25) is 0 Å². The molecule has 1 N–H and O–H groups in total. The van der Waals surface area contributed by atoms with Gasteiger partial charge in [0.05, 0.1) is 19.3 Å². The van der Waals surface area contributed by atoms with Gasteiger partial charge in [-0.1, -0.05) is 13.0 Å². The smallest absolute Gasteiger partial charge is 0.230 e. The molecule has 2 aromatic rings. The summed E-state index contributed by atoms with van der Waals surface area (Å²) in [5.74, 6) is 2.73. The molecule has 0 aliphatic heterocycles. The van der Waals surface area contributed by atoms with E-state index in [-0.39, 0.29) is 6.10 Å². The SMILES string of the molecule is CCOc1cc(CNCc2nnc(C)o2)ccc1O[C@H](C)CC. The van der Waals surface area contributed by atoms with E-state index in [2.05, 4.69) is 29.4 Å². The number of aromatic nitrogens is 2. The Labute approximate surface area is 137 Å². The zero-order valence-electron chi connectivity index (χ0n) is 14.3. The van der Waals surface area contributed by atoms with Crippen LogP contribution in [0.25, 0.3) is 0 Å². The molecule has 1 aromatic carbocycles. The maximum Gasteiger partial charge on any atom is 0.230 e. The first-order valence-corrected chi connectivity index (χ1v) is 8.04. The van der Waals surface area contributed by atoms with Gasteiger partial charge in [0.15, 0.2) is 11.5 Å². The van der Waals surface area contributed by atoms with Crippen molar-refractivity contribution in [3.05, 3.63) is 35.5 Å². The summed E-state index contributed by atoms with van der Waals surface area (Å²) in [5, 5.41) is 11.0. The molecule has 1 aromatic heterocycles. The molecule has 1 atom stereocenters. The molecule has 0 fully saturated rings. The Hall–Kier alpha value is -2.08. The van der Waals surface area contributed by atoms with E-state index in [1.807, 2.05) is 25.1 Å². The Balaban J connectivity index is 1.97. The van der Waals surface area contributed by atoms with Crippen molar-refractivity contribution in [2.45, 2.75) is 53.3 Å². The lowest BCUT2D eigenvalue weighted by Gasteiger charge is -2.17. The first-order valence-electron chi connectivity index (χ1n) is 8.04. The van der Waals surface area contributed by atoms with E-state index in [9.17, 15) is 0 Å². The van der Waals surface area contributed by atoms with Gasteiger partial charge in [-0.15, -0.1) is 10.2 Å². The van der Waals surface area contributed by atoms with Crippen LogP contribution < -0.4 is 14.8 Å². The molecule has 0 aliphatic carbocycles. The van der Waals surface area contributed by atoms with Crippen LogP contribution in [0.15, 0.2) is 22.6 Å². The van der Waals surface area contributed by atoms with Crippen LogP contribution in [0.3, 0.4) is 0 Å². The Bertz CT molecular complexity index is 613.